The number of carbonyl (C=O) groups excluding carboxylic acids is 1. The average Bonchev–Trinajstić information content (AvgIpc) is 3.09. The Hall–Kier alpha value is -2.13. The number of carbonyl (C=O) groups is 1. The van der Waals surface area contributed by atoms with Gasteiger partial charge in [-0.05, 0) is 12.0 Å². The van der Waals surface area contributed by atoms with Crippen molar-refractivity contribution in [3.8, 4) is 0 Å². The molecule has 108 valence electrons. The Labute approximate surface area is 128 Å². The van der Waals surface area contributed by atoms with E-state index in [-0.39, 0.29) is 17.1 Å². The van der Waals surface area contributed by atoms with E-state index in [0.717, 1.165) is 0 Å². The molecule has 2 aliphatic rings. The van der Waals surface area contributed by atoms with Crippen LogP contribution < -0.4 is 10.6 Å². The SMILES string of the molecule is O=C1NC(Nc2nccs2)SC1=C1C=C([N+](=O)[O-])C=CC1. The maximum absolute atomic E-state index is 12.0. The average molecular weight is 322 g/mol. The molecule has 21 heavy (non-hydrogen) atoms. The Morgan fingerprint density at radius 3 is 3.10 bits per heavy atom. The lowest BCUT2D eigenvalue weighted by Crippen LogP contribution is -2.30. The van der Waals surface area contributed by atoms with Gasteiger partial charge in [-0.15, -0.1) is 11.3 Å². The van der Waals surface area contributed by atoms with E-state index >= 15 is 0 Å². The highest BCUT2D eigenvalue weighted by Gasteiger charge is 2.30. The summed E-state index contributed by atoms with van der Waals surface area (Å²) in [7, 11) is 0. The molecule has 0 bridgehead atoms. The second-order valence-electron chi connectivity index (χ2n) is 4.24. The van der Waals surface area contributed by atoms with Gasteiger partial charge in [-0.2, -0.15) is 0 Å². The van der Waals surface area contributed by atoms with Crippen molar-refractivity contribution < 1.29 is 9.72 Å². The van der Waals surface area contributed by atoms with Crippen molar-refractivity contribution >= 4 is 34.1 Å². The Morgan fingerprint density at radius 1 is 1.52 bits per heavy atom. The van der Waals surface area contributed by atoms with Crippen molar-refractivity contribution in [1.29, 1.82) is 0 Å². The summed E-state index contributed by atoms with van der Waals surface area (Å²) in [6.45, 7) is 0. The molecule has 0 spiro atoms. The van der Waals surface area contributed by atoms with E-state index in [2.05, 4.69) is 15.6 Å². The molecule has 1 aliphatic heterocycles. The van der Waals surface area contributed by atoms with E-state index in [9.17, 15) is 14.9 Å². The lowest BCUT2D eigenvalue weighted by Gasteiger charge is -2.09. The zero-order chi connectivity index (χ0) is 14.8. The Bertz CT molecular complexity index is 679. The number of rotatable bonds is 3. The molecule has 1 aromatic heterocycles. The first-order valence-electron chi connectivity index (χ1n) is 6.03. The molecule has 1 aliphatic carbocycles. The van der Waals surface area contributed by atoms with Gasteiger partial charge in [0, 0.05) is 23.7 Å². The van der Waals surface area contributed by atoms with Crippen LogP contribution in [0, 0.1) is 10.1 Å². The van der Waals surface area contributed by atoms with Crippen molar-refractivity contribution in [3.63, 3.8) is 0 Å². The largest absolute Gasteiger partial charge is 0.333 e. The second-order valence-corrected chi connectivity index (χ2v) is 6.25. The van der Waals surface area contributed by atoms with Crippen LogP contribution in [0.15, 0.2) is 46.0 Å². The van der Waals surface area contributed by atoms with Gasteiger partial charge < -0.3 is 10.6 Å². The Kier molecular flexibility index (Phi) is 3.76. The van der Waals surface area contributed by atoms with Crippen LogP contribution in [0.25, 0.3) is 0 Å². The molecule has 0 aromatic carbocycles. The Balaban J connectivity index is 1.80. The number of hydrogen-bond acceptors (Lipinski definition) is 7. The van der Waals surface area contributed by atoms with Gasteiger partial charge in [0.2, 0.25) is 0 Å². The van der Waals surface area contributed by atoms with Crippen molar-refractivity contribution in [2.45, 2.75) is 11.9 Å². The molecule has 1 aromatic rings. The van der Waals surface area contributed by atoms with E-state index in [0.29, 0.717) is 22.0 Å². The van der Waals surface area contributed by atoms with E-state index < -0.39 is 4.92 Å². The zero-order valence-electron chi connectivity index (χ0n) is 10.6. The highest BCUT2D eigenvalue weighted by atomic mass is 32.2. The summed E-state index contributed by atoms with van der Waals surface area (Å²) in [6.07, 6.45) is 6.78. The van der Waals surface area contributed by atoms with E-state index in [1.807, 2.05) is 5.38 Å². The molecule has 7 nitrogen and oxygen atoms in total. The summed E-state index contributed by atoms with van der Waals surface area (Å²) in [4.78, 5) is 27.0. The molecule has 9 heteroatoms. The molecular weight excluding hydrogens is 312 g/mol. The predicted octanol–water partition coefficient (Wildman–Crippen LogP) is 2.08. The molecule has 1 saturated heterocycles. The third-order valence-corrected chi connectivity index (χ3v) is 4.70. The van der Waals surface area contributed by atoms with Crippen LogP contribution in [0.2, 0.25) is 0 Å². The monoisotopic (exact) mass is 322 g/mol. The number of allylic oxidation sites excluding steroid dienone is 4. The topological polar surface area (TPSA) is 97.2 Å². The van der Waals surface area contributed by atoms with Crippen LogP contribution in [0.3, 0.4) is 0 Å². The summed E-state index contributed by atoms with van der Waals surface area (Å²) in [6, 6.07) is 0. The first-order valence-corrected chi connectivity index (χ1v) is 7.79. The minimum absolute atomic E-state index is 0.00603. The number of nitro groups is 1. The molecule has 3 rings (SSSR count). The fourth-order valence-corrected chi connectivity index (χ4v) is 3.61. The molecule has 1 amide bonds. The van der Waals surface area contributed by atoms with Crippen LogP contribution in [0.1, 0.15) is 6.42 Å². The number of aromatic nitrogens is 1. The molecule has 1 atom stereocenters. The summed E-state index contributed by atoms with van der Waals surface area (Å²) < 4.78 is 0. The van der Waals surface area contributed by atoms with Crippen molar-refractivity contribution in [2.75, 3.05) is 5.32 Å². The van der Waals surface area contributed by atoms with Crippen molar-refractivity contribution in [3.05, 3.63) is 56.1 Å². The quantitative estimate of drug-likeness (QED) is 0.502. The fraction of sp³-hybridized carbons (Fsp3) is 0.167. The molecule has 0 saturated carbocycles. The van der Waals surface area contributed by atoms with E-state index in [1.54, 1.807) is 12.3 Å². The van der Waals surface area contributed by atoms with E-state index in [1.165, 1.54) is 35.3 Å². The van der Waals surface area contributed by atoms with Gasteiger partial charge in [0.15, 0.2) is 10.6 Å². The first kappa shape index (κ1) is 13.8. The van der Waals surface area contributed by atoms with Crippen molar-refractivity contribution in [2.24, 2.45) is 0 Å². The summed E-state index contributed by atoms with van der Waals surface area (Å²) >= 11 is 2.75. The zero-order valence-corrected chi connectivity index (χ0v) is 12.2. The van der Waals surface area contributed by atoms with Gasteiger partial charge in [-0.25, -0.2) is 4.98 Å². The highest BCUT2D eigenvalue weighted by Crippen LogP contribution is 2.34. The maximum Gasteiger partial charge on any atom is 0.269 e. The molecule has 1 unspecified atom stereocenters. The number of nitrogens with one attached hydrogen (secondary N) is 2. The third-order valence-electron chi connectivity index (χ3n) is 2.84. The van der Waals surface area contributed by atoms with Gasteiger partial charge in [-0.3, -0.25) is 14.9 Å². The molecular formula is C12H10N4O3S2. The Morgan fingerprint density at radius 2 is 2.38 bits per heavy atom. The van der Waals surface area contributed by atoms with Crippen LogP contribution in [-0.2, 0) is 4.79 Å². The normalized spacial score (nSPS) is 24.7. The van der Waals surface area contributed by atoms with Crippen LogP contribution in [-0.4, -0.2) is 21.3 Å². The summed E-state index contributed by atoms with van der Waals surface area (Å²) in [5, 5.41) is 19.2. The van der Waals surface area contributed by atoms with Gasteiger partial charge >= 0.3 is 0 Å². The van der Waals surface area contributed by atoms with Crippen molar-refractivity contribution in [1.82, 2.24) is 10.3 Å². The van der Waals surface area contributed by atoms with Gasteiger partial charge in [0.25, 0.3) is 11.6 Å². The molecule has 1 fully saturated rings. The summed E-state index contributed by atoms with van der Waals surface area (Å²) in [5.41, 5.74) is 0.341. The minimum atomic E-state index is -0.459. The number of thiazole rings is 1. The van der Waals surface area contributed by atoms with Crippen LogP contribution in [0.4, 0.5) is 5.13 Å². The third kappa shape index (κ3) is 2.98. The number of thioether (sulfide) groups is 1. The molecule has 2 heterocycles. The first-order chi connectivity index (χ1) is 10.1. The molecule has 2 N–H and O–H groups in total. The fourth-order valence-electron chi connectivity index (χ4n) is 1.94. The maximum atomic E-state index is 12.0. The standard InChI is InChI=1S/C12H10N4O3S2/c17-10-9(7-2-1-3-8(6-7)16(18)19)21-12(14-10)15-11-13-4-5-20-11/h1,3-6,12H,2H2,(H,13,15)(H,14,17). The summed E-state index contributed by atoms with van der Waals surface area (Å²) in [5.74, 6) is -0.224. The van der Waals surface area contributed by atoms with Gasteiger partial charge in [-0.1, -0.05) is 17.8 Å². The van der Waals surface area contributed by atoms with Gasteiger partial charge in [0.1, 0.15) is 0 Å². The minimum Gasteiger partial charge on any atom is -0.333 e. The highest BCUT2D eigenvalue weighted by molar-refractivity contribution is 8.05. The van der Waals surface area contributed by atoms with E-state index in [4.69, 9.17) is 0 Å². The second kappa shape index (κ2) is 5.70. The predicted molar refractivity (Wildman–Crippen MR) is 81.1 cm³/mol. The smallest absolute Gasteiger partial charge is 0.269 e. The number of nitrogens with zero attached hydrogens (tertiary/aromatic N) is 2. The van der Waals surface area contributed by atoms with Gasteiger partial charge in [0.05, 0.1) is 9.83 Å². The number of anilines is 1. The molecule has 0 radical (unpaired) electrons. The number of amides is 1. The lowest BCUT2D eigenvalue weighted by atomic mass is 10.1. The van der Waals surface area contributed by atoms with Crippen LogP contribution in [0.5, 0.6) is 0 Å². The lowest BCUT2D eigenvalue weighted by molar-refractivity contribution is -0.419. The van der Waals surface area contributed by atoms with Crippen LogP contribution >= 0.6 is 23.1 Å². The number of hydrogen-bond donors (Lipinski definition) is 2.